The Morgan fingerprint density at radius 3 is 2.22 bits per heavy atom. The third-order valence-electron chi connectivity index (χ3n) is 4.92. The average Bonchev–Trinajstić information content (AvgIpc) is 3.32. The van der Waals surface area contributed by atoms with Crippen LogP contribution in [0, 0.1) is 5.92 Å². The summed E-state index contributed by atoms with van der Waals surface area (Å²) in [5, 5.41) is 11.9. The minimum atomic E-state index is -1.01. The summed E-state index contributed by atoms with van der Waals surface area (Å²) in [5.74, 6) is -0.981. The molecule has 0 spiro atoms. The average molecular weight is 324 g/mol. The van der Waals surface area contributed by atoms with Gasteiger partial charge in [0.1, 0.15) is 12.1 Å². The van der Waals surface area contributed by atoms with E-state index in [1.165, 1.54) is 31.1 Å². The van der Waals surface area contributed by atoms with Crippen LogP contribution < -0.4 is 5.32 Å². The van der Waals surface area contributed by atoms with Crippen molar-refractivity contribution in [2.75, 3.05) is 0 Å². The number of carbonyl (C=O) groups is 3. The van der Waals surface area contributed by atoms with Crippen LogP contribution in [-0.4, -0.2) is 45.9 Å². The summed E-state index contributed by atoms with van der Waals surface area (Å²) >= 11 is 0. The Balaban J connectivity index is 1.87. The molecule has 2 atom stereocenters. The highest BCUT2D eigenvalue weighted by Gasteiger charge is 2.40. The Hall–Kier alpha value is -1.59. The summed E-state index contributed by atoms with van der Waals surface area (Å²) in [7, 11) is 0. The van der Waals surface area contributed by atoms with Crippen molar-refractivity contribution in [1.29, 1.82) is 0 Å². The van der Waals surface area contributed by atoms with E-state index >= 15 is 0 Å². The molecule has 6 heteroatoms. The third kappa shape index (κ3) is 4.94. The second-order valence-corrected chi connectivity index (χ2v) is 6.99. The molecular weight excluding hydrogens is 296 g/mol. The van der Waals surface area contributed by atoms with Gasteiger partial charge in [0.05, 0.1) is 0 Å². The maximum atomic E-state index is 12.5. The highest BCUT2D eigenvalue weighted by atomic mass is 16.4. The molecule has 0 radical (unpaired) electrons. The van der Waals surface area contributed by atoms with Crippen LogP contribution in [0.4, 0.5) is 0 Å². The van der Waals surface area contributed by atoms with Gasteiger partial charge in [-0.15, -0.1) is 0 Å². The molecule has 23 heavy (non-hydrogen) atoms. The normalized spacial score (nSPS) is 21.3. The first kappa shape index (κ1) is 17.8. The minimum Gasteiger partial charge on any atom is -0.480 e. The van der Waals surface area contributed by atoms with Gasteiger partial charge in [0.15, 0.2) is 0 Å². The number of aliphatic carboxylic acids is 1. The van der Waals surface area contributed by atoms with Crippen molar-refractivity contribution < 1.29 is 19.5 Å². The van der Waals surface area contributed by atoms with Crippen molar-refractivity contribution in [3.8, 4) is 0 Å². The maximum Gasteiger partial charge on any atom is 0.326 e. The third-order valence-corrected chi connectivity index (χ3v) is 4.92. The second kappa shape index (κ2) is 7.79. The highest BCUT2D eigenvalue weighted by molar-refractivity contribution is 5.90. The maximum absolute atomic E-state index is 12.5. The molecule has 0 aliphatic heterocycles. The van der Waals surface area contributed by atoms with Crippen molar-refractivity contribution in [3.05, 3.63) is 0 Å². The first-order valence-corrected chi connectivity index (χ1v) is 8.74. The lowest BCUT2D eigenvalue weighted by Gasteiger charge is -2.30. The Bertz CT molecular complexity index is 456. The first-order valence-electron chi connectivity index (χ1n) is 8.74. The van der Waals surface area contributed by atoms with E-state index in [0.29, 0.717) is 12.3 Å². The van der Waals surface area contributed by atoms with Gasteiger partial charge < -0.3 is 15.3 Å². The zero-order valence-electron chi connectivity index (χ0n) is 14.1. The van der Waals surface area contributed by atoms with E-state index in [9.17, 15) is 19.5 Å². The monoisotopic (exact) mass is 324 g/mol. The van der Waals surface area contributed by atoms with Crippen molar-refractivity contribution >= 4 is 17.8 Å². The molecule has 0 bridgehead atoms. The van der Waals surface area contributed by atoms with E-state index < -0.39 is 18.1 Å². The Labute approximate surface area is 137 Å². The predicted molar refractivity (Wildman–Crippen MR) is 85.8 cm³/mol. The zero-order chi connectivity index (χ0) is 17.0. The number of carbonyl (C=O) groups excluding carboxylic acids is 2. The molecule has 2 fully saturated rings. The molecule has 0 saturated heterocycles. The van der Waals surface area contributed by atoms with Crippen molar-refractivity contribution in [1.82, 2.24) is 10.2 Å². The molecule has 2 rings (SSSR count). The second-order valence-electron chi connectivity index (χ2n) is 6.99. The van der Waals surface area contributed by atoms with Crippen molar-refractivity contribution in [3.63, 3.8) is 0 Å². The molecule has 2 aliphatic rings. The Kier molecular flexibility index (Phi) is 6.02. The molecule has 2 unspecified atom stereocenters. The summed E-state index contributed by atoms with van der Waals surface area (Å²) in [6.07, 6.45) is 7.92. The lowest BCUT2D eigenvalue weighted by molar-refractivity contribution is -0.151. The van der Waals surface area contributed by atoms with E-state index in [4.69, 9.17) is 0 Å². The van der Waals surface area contributed by atoms with Crippen LogP contribution in [0.1, 0.15) is 65.2 Å². The van der Waals surface area contributed by atoms with Crippen molar-refractivity contribution in [2.24, 2.45) is 5.92 Å². The fourth-order valence-electron chi connectivity index (χ4n) is 3.40. The molecule has 2 saturated carbocycles. The molecule has 2 amide bonds. The summed E-state index contributed by atoms with van der Waals surface area (Å²) in [4.78, 5) is 37.3. The van der Waals surface area contributed by atoms with Gasteiger partial charge in [-0.25, -0.2) is 4.79 Å². The van der Waals surface area contributed by atoms with Crippen LogP contribution in [0.15, 0.2) is 0 Å². The van der Waals surface area contributed by atoms with Gasteiger partial charge in [-0.3, -0.25) is 9.59 Å². The van der Waals surface area contributed by atoms with E-state index in [-0.39, 0.29) is 17.9 Å². The molecule has 0 aromatic carbocycles. The standard InChI is InChI=1S/C17H28N2O4/c1-11(18-15(20)10-13-6-4-3-5-7-13)16(21)19(14-8-9-14)12(2)17(22)23/h11-14H,3-10H2,1-2H3,(H,18,20)(H,22,23). The summed E-state index contributed by atoms with van der Waals surface area (Å²) in [6, 6.07) is -1.52. The molecular formula is C17H28N2O4. The SMILES string of the molecule is CC(NC(=O)CC1CCCCC1)C(=O)N(C1CC1)C(C)C(=O)O. The molecule has 130 valence electrons. The van der Waals surface area contributed by atoms with Gasteiger partial charge >= 0.3 is 5.97 Å². The van der Waals surface area contributed by atoms with Crippen LogP contribution in [-0.2, 0) is 14.4 Å². The van der Waals surface area contributed by atoms with E-state index in [1.54, 1.807) is 6.92 Å². The van der Waals surface area contributed by atoms with Crippen molar-refractivity contribution in [2.45, 2.75) is 83.3 Å². The number of rotatable bonds is 7. The summed E-state index contributed by atoms with van der Waals surface area (Å²) in [6.45, 7) is 3.17. The number of hydrogen-bond acceptors (Lipinski definition) is 3. The molecule has 0 aromatic rings. The summed E-state index contributed by atoms with van der Waals surface area (Å²) in [5.41, 5.74) is 0. The largest absolute Gasteiger partial charge is 0.480 e. The van der Waals surface area contributed by atoms with Gasteiger partial charge in [0.2, 0.25) is 11.8 Å². The lowest BCUT2D eigenvalue weighted by atomic mass is 9.87. The van der Waals surface area contributed by atoms with Gasteiger partial charge in [-0.1, -0.05) is 19.3 Å². The van der Waals surface area contributed by atoms with Crippen LogP contribution in [0.5, 0.6) is 0 Å². The van der Waals surface area contributed by atoms with Gasteiger partial charge in [-0.2, -0.15) is 0 Å². The first-order chi connectivity index (χ1) is 10.9. The Morgan fingerprint density at radius 2 is 1.70 bits per heavy atom. The zero-order valence-corrected chi connectivity index (χ0v) is 14.1. The van der Waals surface area contributed by atoms with E-state index in [2.05, 4.69) is 5.32 Å². The van der Waals surface area contributed by atoms with Gasteiger partial charge in [0, 0.05) is 12.5 Å². The van der Waals surface area contributed by atoms with Crippen LogP contribution >= 0.6 is 0 Å². The fraction of sp³-hybridized carbons (Fsp3) is 0.824. The number of carboxylic acids is 1. The van der Waals surface area contributed by atoms with E-state index in [0.717, 1.165) is 25.7 Å². The van der Waals surface area contributed by atoms with Crippen LogP contribution in [0.3, 0.4) is 0 Å². The molecule has 0 aromatic heterocycles. The summed E-state index contributed by atoms with van der Waals surface area (Å²) < 4.78 is 0. The molecule has 0 heterocycles. The number of nitrogens with zero attached hydrogens (tertiary/aromatic N) is 1. The molecule has 2 N–H and O–H groups in total. The predicted octanol–water partition coefficient (Wildman–Crippen LogP) is 1.93. The van der Waals surface area contributed by atoms with Crippen LogP contribution in [0.25, 0.3) is 0 Å². The molecule has 6 nitrogen and oxygen atoms in total. The number of amides is 2. The molecule has 2 aliphatic carbocycles. The minimum absolute atomic E-state index is 0.00583. The van der Waals surface area contributed by atoms with Gasteiger partial charge in [-0.05, 0) is 45.4 Å². The Morgan fingerprint density at radius 1 is 1.09 bits per heavy atom. The quantitative estimate of drug-likeness (QED) is 0.749. The van der Waals surface area contributed by atoms with E-state index in [1.807, 2.05) is 0 Å². The highest BCUT2D eigenvalue weighted by Crippen LogP contribution is 2.29. The van der Waals surface area contributed by atoms with Crippen LogP contribution in [0.2, 0.25) is 0 Å². The number of carboxylic acid groups (broad SMARTS) is 1. The number of nitrogens with one attached hydrogen (secondary N) is 1. The topological polar surface area (TPSA) is 86.7 Å². The lowest BCUT2D eigenvalue weighted by Crippen LogP contribution is -2.53. The smallest absolute Gasteiger partial charge is 0.326 e. The van der Waals surface area contributed by atoms with Gasteiger partial charge in [0.25, 0.3) is 0 Å². The fourth-order valence-corrected chi connectivity index (χ4v) is 3.40. The number of hydrogen-bond donors (Lipinski definition) is 2.